The fourth-order valence-electron chi connectivity index (χ4n) is 1.66. The molecule has 2 aliphatic heterocycles. The van der Waals surface area contributed by atoms with E-state index in [4.69, 9.17) is 4.74 Å². The number of morpholine rings is 1. The molecule has 2 aliphatic rings. The Bertz CT molecular complexity index is 263. The topological polar surface area (TPSA) is 61.9 Å². The van der Waals surface area contributed by atoms with Gasteiger partial charge in [-0.15, -0.1) is 0 Å². The first-order valence-electron chi connectivity index (χ1n) is 4.58. The van der Waals surface area contributed by atoms with Gasteiger partial charge in [-0.25, -0.2) is 9.69 Å². The van der Waals surface area contributed by atoms with Gasteiger partial charge in [-0.3, -0.25) is 10.1 Å². The molecule has 6 nitrogen and oxygen atoms in total. The molecule has 0 aromatic carbocycles. The Labute approximate surface area is 81.8 Å². The number of carbonyl (C=O) groups excluding carboxylic acids is 2. The lowest BCUT2D eigenvalue weighted by Crippen LogP contribution is -2.55. The number of nitrogens with one attached hydrogen (secondary N) is 1. The molecule has 0 aromatic heterocycles. The summed E-state index contributed by atoms with van der Waals surface area (Å²) in [6, 6.07) is -0.252. The molecule has 0 bridgehead atoms. The van der Waals surface area contributed by atoms with Gasteiger partial charge in [-0.1, -0.05) is 0 Å². The van der Waals surface area contributed by atoms with Crippen LogP contribution in [0.1, 0.15) is 0 Å². The lowest BCUT2D eigenvalue weighted by atomic mass is 10.4. The molecule has 0 spiro atoms. The number of ether oxygens (including phenoxy) is 1. The Kier molecular flexibility index (Phi) is 2.39. The van der Waals surface area contributed by atoms with Crippen LogP contribution in [0, 0.1) is 0 Å². The lowest BCUT2D eigenvalue weighted by Gasteiger charge is -2.29. The molecular weight excluding hydrogens is 186 g/mol. The zero-order valence-electron chi connectivity index (χ0n) is 8.02. The van der Waals surface area contributed by atoms with Crippen LogP contribution in [0.5, 0.6) is 0 Å². The van der Waals surface area contributed by atoms with E-state index >= 15 is 0 Å². The molecule has 1 unspecified atom stereocenters. The average molecular weight is 199 g/mol. The maximum atomic E-state index is 11.6. The van der Waals surface area contributed by atoms with E-state index in [0.717, 1.165) is 0 Å². The fourth-order valence-corrected chi connectivity index (χ4v) is 1.66. The van der Waals surface area contributed by atoms with Crippen molar-refractivity contribution < 1.29 is 14.3 Å². The molecule has 6 heteroatoms. The Morgan fingerprint density at radius 3 is 2.79 bits per heavy atom. The first kappa shape index (κ1) is 9.42. The molecule has 2 fully saturated rings. The summed E-state index contributed by atoms with van der Waals surface area (Å²) in [7, 11) is 1.61. The van der Waals surface area contributed by atoms with Crippen molar-refractivity contribution in [3.8, 4) is 0 Å². The molecule has 2 saturated heterocycles. The summed E-state index contributed by atoms with van der Waals surface area (Å²) in [4.78, 5) is 25.6. The summed E-state index contributed by atoms with van der Waals surface area (Å²) in [6.45, 7) is 1.84. The molecule has 3 amide bonds. The Hall–Kier alpha value is -1.14. The highest BCUT2D eigenvalue weighted by Gasteiger charge is 2.39. The number of rotatable bonds is 1. The molecule has 1 atom stereocenters. The monoisotopic (exact) mass is 199 g/mol. The first-order valence-corrected chi connectivity index (χ1v) is 4.58. The van der Waals surface area contributed by atoms with Gasteiger partial charge < -0.3 is 9.64 Å². The Balaban J connectivity index is 2.08. The van der Waals surface area contributed by atoms with Crippen LogP contribution in [0.4, 0.5) is 4.79 Å². The maximum absolute atomic E-state index is 11.6. The lowest BCUT2D eigenvalue weighted by molar-refractivity contribution is -0.129. The van der Waals surface area contributed by atoms with E-state index in [-0.39, 0.29) is 24.6 Å². The van der Waals surface area contributed by atoms with Crippen molar-refractivity contribution in [1.29, 1.82) is 0 Å². The predicted molar refractivity (Wildman–Crippen MR) is 47.5 cm³/mol. The SMILES string of the molecule is CN1CC(=O)N(C2COCCN2)C1=O. The van der Waals surface area contributed by atoms with Crippen LogP contribution < -0.4 is 5.32 Å². The van der Waals surface area contributed by atoms with Crippen LogP contribution >= 0.6 is 0 Å². The van der Waals surface area contributed by atoms with Crippen LogP contribution in [-0.2, 0) is 9.53 Å². The van der Waals surface area contributed by atoms with E-state index in [9.17, 15) is 9.59 Å². The van der Waals surface area contributed by atoms with Crippen molar-refractivity contribution in [2.75, 3.05) is 33.4 Å². The van der Waals surface area contributed by atoms with Crippen LogP contribution in [0.25, 0.3) is 0 Å². The molecule has 0 radical (unpaired) electrons. The van der Waals surface area contributed by atoms with Gasteiger partial charge in [0.25, 0.3) is 5.91 Å². The number of imide groups is 1. The summed E-state index contributed by atoms with van der Waals surface area (Å²) in [5, 5.41) is 3.08. The van der Waals surface area contributed by atoms with Gasteiger partial charge in [0.1, 0.15) is 12.7 Å². The van der Waals surface area contributed by atoms with E-state index in [1.165, 1.54) is 9.80 Å². The van der Waals surface area contributed by atoms with Gasteiger partial charge in [-0.2, -0.15) is 0 Å². The van der Waals surface area contributed by atoms with Gasteiger partial charge in [0.15, 0.2) is 0 Å². The zero-order valence-corrected chi connectivity index (χ0v) is 8.02. The van der Waals surface area contributed by atoms with Crippen LogP contribution in [0.3, 0.4) is 0 Å². The number of nitrogens with zero attached hydrogens (tertiary/aromatic N) is 2. The minimum Gasteiger partial charge on any atom is -0.377 e. The highest BCUT2D eigenvalue weighted by molar-refractivity contribution is 6.02. The minimum absolute atomic E-state index is 0.164. The number of amides is 3. The Morgan fingerprint density at radius 2 is 2.29 bits per heavy atom. The normalized spacial score (nSPS) is 28.8. The third kappa shape index (κ3) is 1.46. The summed E-state index contributed by atoms with van der Waals surface area (Å²) < 4.78 is 5.20. The minimum atomic E-state index is -0.298. The van der Waals surface area contributed by atoms with Crippen LogP contribution in [-0.4, -0.2) is 61.3 Å². The molecule has 0 aromatic rings. The highest BCUT2D eigenvalue weighted by Crippen LogP contribution is 2.12. The largest absolute Gasteiger partial charge is 0.377 e. The van der Waals surface area contributed by atoms with E-state index in [1.54, 1.807) is 7.05 Å². The first-order chi connectivity index (χ1) is 6.70. The zero-order chi connectivity index (χ0) is 10.1. The smallest absolute Gasteiger partial charge is 0.328 e. The van der Waals surface area contributed by atoms with E-state index in [2.05, 4.69) is 5.32 Å². The molecule has 0 saturated carbocycles. The predicted octanol–water partition coefficient (Wildman–Crippen LogP) is -1.17. The summed E-state index contributed by atoms with van der Waals surface area (Å²) in [6.07, 6.45) is -0.298. The van der Waals surface area contributed by atoms with Crippen molar-refractivity contribution in [2.45, 2.75) is 6.17 Å². The van der Waals surface area contributed by atoms with Gasteiger partial charge in [0.2, 0.25) is 0 Å². The highest BCUT2D eigenvalue weighted by atomic mass is 16.5. The average Bonchev–Trinajstić information content (AvgIpc) is 2.43. The molecule has 14 heavy (non-hydrogen) atoms. The third-order valence-corrected chi connectivity index (χ3v) is 2.39. The number of likely N-dealkylation sites (N-methyl/N-ethyl adjacent to an activating group) is 1. The quantitative estimate of drug-likeness (QED) is 0.540. The van der Waals surface area contributed by atoms with Gasteiger partial charge >= 0.3 is 6.03 Å². The standard InChI is InChI=1S/C8H13N3O3/c1-10-4-7(12)11(8(10)13)6-5-14-3-2-9-6/h6,9H,2-5H2,1H3. The second-order valence-electron chi connectivity index (χ2n) is 3.45. The number of hydrogen-bond donors (Lipinski definition) is 1. The van der Waals surface area contributed by atoms with Crippen LogP contribution in [0.2, 0.25) is 0 Å². The van der Waals surface area contributed by atoms with Gasteiger partial charge in [0, 0.05) is 13.6 Å². The van der Waals surface area contributed by atoms with E-state index in [1.807, 2.05) is 0 Å². The summed E-state index contributed by atoms with van der Waals surface area (Å²) >= 11 is 0. The Morgan fingerprint density at radius 1 is 1.50 bits per heavy atom. The second kappa shape index (κ2) is 3.55. The fraction of sp³-hybridized carbons (Fsp3) is 0.750. The van der Waals surface area contributed by atoms with Crippen molar-refractivity contribution in [2.24, 2.45) is 0 Å². The van der Waals surface area contributed by atoms with Crippen molar-refractivity contribution in [3.05, 3.63) is 0 Å². The molecule has 2 heterocycles. The third-order valence-electron chi connectivity index (χ3n) is 2.39. The second-order valence-corrected chi connectivity index (χ2v) is 3.45. The van der Waals surface area contributed by atoms with E-state index in [0.29, 0.717) is 19.8 Å². The van der Waals surface area contributed by atoms with E-state index < -0.39 is 0 Å². The molecular formula is C8H13N3O3. The maximum Gasteiger partial charge on any atom is 0.328 e. The van der Waals surface area contributed by atoms with Gasteiger partial charge in [0.05, 0.1) is 13.2 Å². The van der Waals surface area contributed by atoms with Crippen molar-refractivity contribution >= 4 is 11.9 Å². The number of hydrogen-bond acceptors (Lipinski definition) is 4. The number of urea groups is 1. The molecule has 78 valence electrons. The van der Waals surface area contributed by atoms with Crippen molar-refractivity contribution in [3.63, 3.8) is 0 Å². The van der Waals surface area contributed by atoms with Crippen molar-refractivity contribution in [1.82, 2.24) is 15.1 Å². The summed E-state index contributed by atoms with van der Waals surface area (Å²) in [5.74, 6) is -0.166. The van der Waals surface area contributed by atoms with Crippen LogP contribution in [0.15, 0.2) is 0 Å². The molecule has 2 rings (SSSR count). The summed E-state index contributed by atoms with van der Waals surface area (Å²) in [5.41, 5.74) is 0. The molecule has 0 aliphatic carbocycles. The molecule has 1 N–H and O–H groups in total. The van der Waals surface area contributed by atoms with Gasteiger partial charge in [-0.05, 0) is 0 Å². The number of carbonyl (C=O) groups is 2.